The van der Waals surface area contributed by atoms with Gasteiger partial charge in [-0.3, -0.25) is 9.59 Å². The zero-order valence-corrected chi connectivity index (χ0v) is 17.1. The van der Waals surface area contributed by atoms with Crippen molar-refractivity contribution in [3.8, 4) is 0 Å². The lowest BCUT2D eigenvalue weighted by Gasteiger charge is -2.36. The summed E-state index contributed by atoms with van der Waals surface area (Å²) in [5, 5.41) is 6.26. The lowest BCUT2D eigenvalue weighted by atomic mass is 9.92. The molecule has 6 nitrogen and oxygen atoms in total. The van der Waals surface area contributed by atoms with Crippen LogP contribution in [0.2, 0.25) is 0 Å². The molecule has 156 valence electrons. The van der Waals surface area contributed by atoms with Gasteiger partial charge < -0.3 is 20.4 Å². The Bertz CT molecular complexity index is 650. The van der Waals surface area contributed by atoms with Crippen molar-refractivity contribution in [2.24, 2.45) is 5.92 Å². The fraction of sp³-hybridized carbons (Fsp3) is 0.600. The second-order valence-electron chi connectivity index (χ2n) is 7.46. The molecule has 2 aliphatic rings. The molecule has 0 saturated carbocycles. The van der Waals surface area contributed by atoms with Crippen LogP contribution >= 0.6 is 12.4 Å². The zero-order chi connectivity index (χ0) is 19.2. The summed E-state index contributed by atoms with van der Waals surface area (Å²) in [6.45, 7) is 6.12. The molecule has 0 aromatic heterocycles. The molecule has 0 radical (unpaired) electrons. The number of piperidine rings is 1. The van der Waals surface area contributed by atoms with Gasteiger partial charge in [0.2, 0.25) is 11.8 Å². The minimum Gasteiger partial charge on any atom is -0.368 e. The highest BCUT2D eigenvalue weighted by molar-refractivity contribution is 5.85. The quantitative estimate of drug-likeness (QED) is 0.774. The van der Waals surface area contributed by atoms with Crippen LogP contribution < -0.4 is 15.5 Å². The molecule has 28 heavy (non-hydrogen) atoms. The van der Waals surface area contributed by atoms with E-state index in [0.717, 1.165) is 38.2 Å². The Morgan fingerprint density at radius 3 is 2.50 bits per heavy atom. The van der Waals surface area contributed by atoms with Crippen LogP contribution in [0.15, 0.2) is 24.3 Å². The fourth-order valence-corrected chi connectivity index (χ4v) is 3.83. The Morgan fingerprint density at radius 2 is 1.86 bits per heavy atom. The van der Waals surface area contributed by atoms with Gasteiger partial charge in [0.1, 0.15) is 5.82 Å². The topological polar surface area (TPSA) is 64.7 Å². The maximum Gasteiger partial charge on any atom is 0.224 e. The van der Waals surface area contributed by atoms with Crippen LogP contribution in [0.3, 0.4) is 0 Å². The summed E-state index contributed by atoms with van der Waals surface area (Å²) >= 11 is 0. The first kappa shape index (κ1) is 22.4. The first-order valence-corrected chi connectivity index (χ1v) is 9.82. The van der Waals surface area contributed by atoms with Gasteiger partial charge in [-0.1, -0.05) is 0 Å². The summed E-state index contributed by atoms with van der Waals surface area (Å²) in [6.07, 6.45) is 2.05. The molecule has 0 aliphatic carbocycles. The van der Waals surface area contributed by atoms with Crippen LogP contribution in [0.5, 0.6) is 0 Å². The third kappa shape index (κ3) is 6.07. The molecule has 1 aromatic carbocycles. The summed E-state index contributed by atoms with van der Waals surface area (Å²) in [7, 11) is 0. The lowest BCUT2D eigenvalue weighted by molar-refractivity contribution is -0.131. The fourth-order valence-electron chi connectivity index (χ4n) is 3.83. The maximum absolute atomic E-state index is 13.0. The van der Waals surface area contributed by atoms with Crippen molar-refractivity contribution in [3.63, 3.8) is 0 Å². The Hall–Kier alpha value is -1.86. The number of benzene rings is 1. The van der Waals surface area contributed by atoms with Gasteiger partial charge in [0, 0.05) is 56.8 Å². The molecule has 0 spiro atoms. The van der Waals surface area contributed by atoms with Gasteiger partial charge >= 0.3 is 0 Å². The van der Waals surface area contributed by atoms with Gasteiger partial charge in [-0.25, -0.2) is 4.39 Å². The highest BCUT2D eigenvalue weighted by atomic mass is 35.5. The molecule has 3 rings (SSSR count). The average Bonchev–Trinajstić information content (AvgIpc) is 2.68. The number of nitrogens with zero attached hydrogens (tertiary/aromatic N) is 2. The van der Waals surface area contributed by atoms with Crippen LogP contribution in [-0.4, -0.2) is 62.0 Å². The van der Waals surface area contributed by atoms with Gasteiger partial charge in [0.15, 0.2) is 0 Å². The number of halogens is 2. The van der Waals surface area contributed by atoms with Crippen molar-refractivity contribution < 1.29 is 14.0 Å². The van der Waals surface area contributed by atoms with Gasteiger partial charge in [0.05, 0.1) is 0 Å². The lowest BCUT2D eigenvalue weighted by Crippen LogP contribution is -2.49. The van der Waals surface area contributed by atoms with Crippen LogP contribution in [0.1, 0.15) is 26.2 Å². The molecule has 2 fully saturated rings. The van der Waals surface area contributed by atoms with Crippen LogP contribution in [0.25, 0.3) is 0 Å². The molecule has 8 heteroatoms. The number of piperazine rings is 1. The molecular formula is C20H30ClFN4O2. The molecule has 0 unspecified atom stereocenters. The molecule has 2 amide bonds. The molecule has 0 bridgehead atoms. The SMILES string of the molecule is C[C@H]1C[C@@H](C(=O)NCCC(=O)N2CCN(c3ccc(F)cc3)CC2)CCN1.Cl. The Morgan fingerprint density at radius 1 is 1.18 bits per heavy atom. The predicted octanol–water partition coefficient (Wildman–Crippen LogP) is 1.79. The van der Waals surface area contributed by atoms with E-state index in [1.54, 1.807) is 12.1 Å². The van der Waals surface area contributed by atoms with Crippen molar-refractivity contribution >= 4 is 29.9 Å². The van der Waals surface area contributed by atoms with E-state index in [1.807, 2.05) is 4.90 Å². The van der Waals surface area contributed by atoms with E-state index in [0.29, 0.717) is 32.1 Å². The van der Waals surface area contributed by atoms with E-state index in [1.165, 1.54) is 12.1 Å². The zero-order valence-electron chi connectivity index (χ0n) is 16.3. The minimum absolute atomic E-state index is 0. The predicted molar refractivity (Wildman–Crippen MR) is 110 cm³/mol. The number of nitrogens with one attached hydrogen (secondary N) is 2. The number of amides is 2. The van der Waals surface area contributed by atoms with Crippen molar-refractivity contribution in [2.75, 3.05) is 44.2 Å². The van der Waals surface area contributed by atoms with Crippen molar-refractivity contribution in [2.45, 2.75) is 32.2 Å². The number of hydrogen-bond donors (Lipinski definition) is 2. The molecule has 2 N–H and O–H groups in total. The third-order valence-electron chi connectivity index (χ3n) is 5.46. The molecule has 2 heterocycles. The number of carbonyl (C=O) groups is 2. The van der Waals surface area contributed by atoms with Gasteiger partial charge in [-0.15, -0.1) is 12.4 Å². The summed E-state index contributed by atoms with van der Waals surface area (Å²) in [5.74, 6) is -0.0471. The van der Waals surface area contributed by atoms with E-state index in [2.05, 4.69) is 22.5 Å². The van der Waals surface area contributed by atoms with Crippen LogP contribution in [0.4, 0.5) is 10.1 Å². The average molecular weight is 413 g/mol. The molecule has 2 saturated heterocycles. The number of anilines is 1. The number of hydrogen-bond acceptors (Lipinski definition) is 4. The number of carbonyl (C=O) groups excluding carboxylic acids is 2. The highest BCUT2D eigenvalue weighted by Gasteiger charge is 2.25. The molecule has 1 aromatic rings. The van der Waals surface area contributed by atoms with E-state index >= 15 is 0 Å². The normalized spacial score (nSPS) is 22.4. The van der Waals surface area contributed by atoms with Crippen LogP contribution in [0, 0.1) is 11.7 Å². The van der Waals surface area contributed by atoms with E-state index in [4.69, 9.17) is 0 Å². The standard InChI is InChI=1S/C20H29FN4O2.ClH/c1-15-14-16(6-8-22-15)20(27)23-9-7-19(26)25-12-10-24(11-13-25)18-4-2-17(21)3-5-18;/h2-5,15-16,22H,6-14H2,1H3,(H,23,27);1H/t15-,16-;/m0./s1. The minimum atomic E-state index is -0.242. The first-order valence-electron chi connectivity index (χ1n) is 9.82. The summed E-state index contributed by atoms with van der Waals surface area (Å²) in [6, 6.07) is 6.82. The molecule has 2 atom stereocenters. The second kappa shape index (κ2) is 10.6. The van der Waals surface area contributed by atoms with Gasteiger partial charge in [0.25, 0.3) is 0 Å². The van der Waals surface area contributed by atoms with Crippen molar-refractivity contribution in [1.29, 1.82) is 0 Å². The first-order chi connectivity index (χ1) is 13.0. The van der Waals surface area contributed by atoms with Crippen molar-refractivity contribution in [3.05, 3.63) is 30.1 Å². The Balaban J connectivity index is 0.00000280. The Kier molecular flexibility index (Phi) is 8.51. The Labute approximate surface area is 172 Å². The maximum atomic E-state index is 13.0. The summed E-state index contributed by atoms with van der Waals surface area (Å²) < 4.78 is 13.0. The largest absolute Gasteiger partial charge is 0.368 e. The van der Waals surface area contributed by atoms with E-state index in [9.17, 15) is 14.0 Å². The summed E-state index contributed by atoms with van der Waals surface area (Å²) in [4.78, 5) is 28.6. The van der Waals surface area contributed by atoms with E-state index in [-0.39, 0.29) is 36.0 Å². The second-order valence-corrected chi connectivity index (χ2v) is 7.46. The van der Waals surface area contributed by atoms with Crippen LogP contribution in [-0.2, 0) is 9.59 Å². The molecule has 2 aliphatic heterocycles. The van der Waals surface area contributed by atoms with Gasteiger partial charge in [-0.2, -0.15) is 0 Å². The third-order valence-corrected chi connectivity index (χ3v) is 5.46. The number of rotatable bonds is 5. The van der Waals surface area contributed by atoms with Crippen molar-refractivity contribution in [1.82, 2.24) is 15.5 Å². The van der Waals surface area contributed by atoms with Gasteiger partial charge in [-0.05, 0) is 50.6 Å². The smallest absolute Gasteiger partial charge is 0.224 e. The van der Waals surface area contributed by atoms with E-state index < -0.39 is 0 Å². The highest BCUT2D eigenvalue weighted by Crippen LogP contribution is 2.18. The molecular weight excluding hydrogens is 383 g/mol. The monoisotopic (exact) mass is 412 g/mol. The summed E-state index contributed by atoms with van der Waals surface area (Å²) in [5.41, 5.74) is 0.979.